The van der Waals surface area contributed by atoms with Gasteiger partial charge in [0.25, 0.3) is 0 Å². The lowest BCUT2D eigenvalue weighted by Crippen LogP contribution is -2.32. The number of nitrogens with zero attached hydrogens (tertiary/aromatic N) is 1. The van der Waals surface area contributed by atoms with E-state index in [9.17, 15) is 9.59 Å². The van der Waals surface area contributed by atoms with Crippen LogP contribution < -0.4 is 4.90 Å². The number of benzene rings is 1. The molecule has 2 aliphatic carbocycles. The lowest BCUT2D eigenvalue weighted by Gasteiger charge is -2.19. The van der Waals surface area contributed by atoms with Crippen LogP contribution in [0.2, 0.25) is 0 Å². The second-order valence-electron chi connectivity index (χ2n) is 6.74. The van der Waals surface area contributed by atoms with Crippen LogP contribution in [-0.2, 0) is 9.59 Å². The van der Waals surface area contributed by atoms with Crippen molar-refractivity contribution in [1.82, 2.24) is 0 Å². The third kappa shape index (κ3) is 1.46. The van der Waals surface area contributed by atoms with Gasteiger partial charge in [-0.2, -0.15) is 0 Å². The third-order valence-electron chi connectivity index (χ3n) is 5.39. The van der Waals surface area contributed by atoms with E-state index >= 15 is 0 Å². The molecule has 2 saturated carbocycles. The summed E-state index contributed by atoms with van der Waals surface area (Å²) < 4.78 is 0. The Morgan fingerprint density at radius 2 is 1.40 bits per heavy atom. The van der Waals surface area contributed by atoms with Gasteiger partial charge in [-0.15, -0.1) is 0 Å². The zero-order valence-corrected chi connectivity index (χ0v) is 11.9. The van der Waals surface area contributed by atoms with Crippen LogP contribution in [0.3, 0.4) is 0 Å². The number of anilines is 1. The summed E-state index contributed by atoms with van der Waals surface area (Å²) in [6.07, 6.45) is 3.35. The number of amides is 2. The highest BCUT2D eigenvalue weighted by Gasteiger charge is 2.61. The Kier molecular flexibility index (Phi) is 2.39. The second-order valence-corrected chi connectivity index (χ2v) is 6.74. The minimum atomic E-state index is -0.0259. The molecule has 1 saturated heterocycles. The summed E-state index contributed by atoms with van der Waals surface area (Å²) in [6, 6.07) is 5.97. The molecule has 104 valence electrons. The summed E-state index contributed by atoms with van der Waals surface area (Å²) in [5, 5.41) is 0. The number of rotatable bonds is 1. The summed E-state index contributed by atoms with van der Waals surface area (Å²) in [4.78, 5) is 26.9. The first-order valence-electron chi connectivity index (χ1n) is 7.52. The Morgan fingerprint density at radius 3 is 1.90 bits per heavy atom. The van der Waals surface area contributed by atoms with Gasteiger partial charge in [0.15, 0.2) is 0 Å². The number of carbonyl (C=O) groups is 2. The first-order valence-corrected chi connectivity index (χ1v) is 7.52. The molecule has 0 unspecified atom stereocenters. The Hall–Kier alpha value is -1.64. The predicted molar refractivity (Wildman–Crippen MR) is 76.2 cm³/mol. The highest BCUT2D eigenvalue weighted by Crippen LogP contribution is 2.56. The first kappa shape index (κ1) is 12.1. The zero-order valence-electron chi connectivity index (χ0n) is 11.9. The van der Waals surface area contributed by atoms with Crippen molar-refractivity contribution in [2.45, 2.75) is 33.1 Å². The Morgan fingerprint density at radius 1 is 0.900 bits per heavy atom. The minimum Gasteiger partial charge on any atom is -0.274 e. The maximum absolute atomic E-state index is 12.7. The molecule has 0 N–H and O–H groups in total. The van der Waals surface area contributed by atoms with Crippen molar-refractivity contribution in [3.8, 4) is 0 Å². The number of hydrogen-bond acceptors (Lipinski definition) is 2. The average molecular weight is 269 g/mol. The minimum absolute atomic E-state index is 0.0259. The van der Waals surface area contributed by atoms with Crippen molar-refractivity contribution in [3.63, 3.8) is 0 Å². The largest absolute Gasteiger partial charge is 0.274 e. The molecule has 20 heavy (non-hydrogen) atoms. The van der Waals surface area contributed by atoms with Crippen molar-refractivity contribution in [1.29, 1.82) is 0 Å². The normalized spacial score (nSPS) is 35.0. The van der Waals surface area contributed by atoms with E-state index in [1.165, 1.54) is 4.90 Å². The monoisotopic (exact) mass is 269 g/mol. The summed E-state index contributed by atoms with van der Waals surface area (Å²) in [7, 11) is 0. The van der Waals surface area contributed by atoms with Crippen LogP contribution in [0.5, 0.6) is 0 Å². The van der Waals surface area contributed by atoms with E-state index in [4.69, 9.17) is 0 Å². The molecule has 3 aliphatic rings. The topological polar surface area (TPSA) is 37.4 Å². The van der Waals surface area contributed by atoms with Gasteiger partial charge in [0, 0.05) is 0 Å². The van der Waals surface area contributed by atoms with E-state index in [-0.39, 0.29) is 23.7 Å². The fraction of sp³-hybridized carbons (Fsp3) is 0.529. The summed E-state index contributed by atoms with van der Waals surface area (Å²) >= 11 is 0. The van der Waals surface area contributed by atoms with E-state index in [1.54, 1.807) is 0 Å². The van der Waals surface area contributed by atoms with Crippen LogP contribution in [0.1, 0.15) is 30.4 Å². The molecule has 1 aliphatic heterocycles. The van der Waals surface area contributed by atoms with Gasteiger partial charge < -0.3 is 0 Å². The van der Waals surface area contributed by atoms with Crippen LogP contribution in [0, 0.1) is 37.5 Å². The Labute approximate surface area is 119 Å². The third-order valence-corrected chi connectivity index (χ3v) is 5.39. The van der Waals surface area contributed by atoms with Gasteiger partial charge in [0.1, 0.15) is 0 Å². The predicted octanol–water partition coefficient (Wildman–Crippen LogP) is 2.84. The summed E-state index contributed by atoms with van der Waals surface area (Å²) in [6.45, 7) is 4.01. The number of hydrogen-bond donors (Lipinski definition) is 0. The molecular formula is C17H19NO2. The first-order chi connectivity index (χ1) is 9.56. The molecular weight excluding hydrogens is 250 g/mol. The quantitative estimate of drug-likeness (QED) is 0.735. The average Bonchev–Trinajstić information content (AvgIpc) is 3.02. The van der Waals surface area contributed by atoms with Crippen molar-refractivity contribution in [3.05, 3.63) is 29.3 Å². The van der Waals surface area contributed by atoms with Crippen molar-refractivity contribution >= 4 is 17.5 Å². The highest BCUT2D eigenvalue weighted by molar-refractivity contribution is 6.22. The van der Waals surface area contributed by atoms with Gasteiger partial charge in [-0.05, 0) is 68.2 Å². The fourth-order valence-electron chi connectivity index (χ4n) is 4.74. The molecule has 3 heteroatoms. The van der Waals surface area contributed by atoms with E-state index in [1.807, 2.05) is 26.0 Å². The molecule has 1 aromatic rings. The second kappa shape index (κ2) is 3.94. The SMILES string of the molecule is Cc1cc(C)cc(N2C(=O)[C@@H]3[C@H]4CC[C@@H](C4)[C@@H]3C2=O)c1. The zero-order chi connectivity index (χ0) is 14.0. The van der Waals surface area contributed by atoms with E-state index in [2.05, 4.69) is 6.07 Å². The Bertz CT molecular complexity index is 573. The van der Waals surface area contributed by atoms with Gasteiger partial charge in [-0.1, -0.05) is 6.07 Å². The lowest BCUT2D eigenvalue weighted by molar-refractivity contribution is -0.123. The number of fused-ring (bicyclic) bond motifs is 5. The summed E-state index contributed by atoms with van der Waals surface area (Å²) in [5.41, 5.74) is 2.97. The van der Waals surface area contributed by atoms with Crippen molar-refractivity contribution in [2.75, 3.05) is 4.90 Å². The fourth-order valence-corrected chi connectivity index (χ4v) is 4.74. The standard InChI is InChI=1S/C17H19NO2/c1-9-5-10(2)7-13(6-9)18-16(19)14-11-3-4-12(8-11)15(14)17(18)20/h5-7,11-12,14-15H,3-4,8H2,1-2H3/t11-,12-,14-,15+/m0/s1. The molecule has 0 radical (unpaired) electrons. The number of imide groups is 1. The van der Waals surface area contributed by atoms with Crippen LogP contribution >= 0.6 is 0 Å². The molecule has 1 aromatic carbocycles. The van der Waals surface area contributed by atoms with Crippen molar-refractivity contribution < 1.29 is 9.59 Å². The maximum Gasteiger partial charge on any atom is 0.237 e. The van der Waals surface area contributed by atoms with Crippen LogP contribution in [0.25, 0.3) is 0 Å². The molecule has 3 nitrogen and oxygen atoms in total. The van der Waals surface area contributed by atoms with E-state index in [0.29, 0.717) is 11.8 Å². The molecule has 4 rings (SSSR count). The molecule has 0 spiro atoms. The van der Waals surface area contributed by atoms with Gasteiger partial charge >= 0.3 is 0 Å². The van der Waals surface area contributed by atoms with E-state index in [0.717, 1.165) is 36.1 Å². The molecule has 0 aromatic heterocycles. The van der Waals surface area contributed by atoms with Crippen LogP contribution in [-0.4, -0.2) is 11.8 Å². The van der Waals surface area contributed by atoms with Gasteiger partial charge in [-0.3, -0.25) is 14.5 Å². The van der Waals surface area contributed by atoms with E-state index < -0.39 is 0 Å². The molecule has 4 atom stereocenters. The highest BCUT2D eigenvalue weighted by atomic mass is 16.2. The van der Waals surface area contributed by atoms with Gasteiger partial charge in [0.2, 0.25) is 11.8 Å². The lowest BCUT2D eigenvalue weighted by atomic mass is 9.81. The molecule has 3 fully saturated rings. The smallest absolute Gasteiger partial charge is 0.237 e. The van der Waals surface area contributed by atoms with Crippen LogP contribution in [0.4, 0.5) is 5.69 Å². The van der Waals surface area contributed by atoms with Crippen molar-refractivity contribution in [2.24, 2.45) is 23.7 Å². The van der Waals surface area contributed by atoms with Gasteiger partial charge in [0.05, 0.1) is 17.5 Å². The summed E-state index contributed by atoms with van der Waals surface area (Å²) in [5.74, 6) is 0.966. The van der Waals surface area contributed by atoms with Crippen LogP contribution in [0.15, 0.2) is 18.2 Å². The molecule has 2 amide bonds. The molecule has 1 heterocycles. The number of aryl methyl sites for hydroxylation is 2. The maximum atomic E-state index is 12.7. The number of carbonyl (C=O) groups excluding carboxylic acids is 2. The molecule has 2 bridgehead atoms. The van der Waals surface area contributed by atoms with Gasteiger partial charge in [-0.25, -0.2) is 0 Å². The Balaban J connectivity index is 1.76.